The molecule has 0 aromatic heterocycles. The lowest BCUT2D eigenvalue weighted by molar-refractivity contribution is 0.0162. The van der Waals surface area contributed by atoms with E-state index in [0.29, 0.717) is 6.54 Å². The van der Waals surface area contributed by atoms with E-state index in [2.05, 4.69) is 22.3 Å². The fraction of sp³-hybridized carbons (Fsp3) is 0.435. The minimum Gasteiger partial charge on any atom is -0.379 e. The number of carbonyl (C=O) groups is 1. The number of benzene rings is 2. The van der Waals surface area contributed by atoms with Crippen molar-refractivity contribution in [2.75, 3.05) is 32.8 Å². The average molecular weight is 399 g/mol. The summed E-state index contributed by atoms with van der Waals surface area (Å²) in [6.45, 7) is 3.74. The van der Waals surface area contributed by atoms with Crippen LogP contribution in [0.4, 0.5) is 0 Å². The van der Waals surface area contributed by atoms with Crippen LogP contribution in [-0.4, -0.2) is 43.7 Å². The fourth-order valence-electron chi connectivity index (χ4n) is 4.20. The number of hydrogen-bond acceptors (Lipinski definition) is 3. The number of halogens is 1. The molecule has 0 bridgehead atoms. The maximum atomic E-state index is 12.8. The van der Waals surface area contributed by atoms with E-state index in [1.54, 1.807) is 0 Å². The van der Waals surface area contributed by atoms with Crippen molar-refractivity contribution in [1.29, 1.82) is 0 Å². The van der Waals surface area contributed by atoms with Gasteiger partial charge < -0.3 is 10.1 Å². The Hall–Kier alpha value is -1.88. The number of nitrogens with zero attached hydrogens (tertiary/aromatic N) is 1. The molecule has 1 aliphatic heterocycles. The number of rotatable bonds is 5. The van der Waals surface area contributed by atoms with Crippen LogP contribution in [0.3, 0.4) is 0 Å². The second kappa shape index (κ2) is 9.08. The van der Waals surface area contributed by atoms with E-state index in [1.807, 2.05) is 30.3 Å². The van der Waals surface area contributed by atoms with Crippen LogP contribution < -0.4 is 5.32 Å². The lowest BCUT2D eigenvalue weighted by Crippen LogP contribution is -2.43. The fourth-order valence-corrected chi connectivity index (χ4v) is 4.32. The van der Waals surface area contributed by atoms with Crippen LogP contribution in [0.15, 0.2) is 42.5 Å². The number of morpholine rings is 1. The summed E-state index contributed by atoms with van der Waals surface area (Å²) in [5.41, 5.74) is 4.66. The highest BCUT2D eigenvalue weighted by atomic mass is 35.5. The third-order valence-electron chi connectivity index (χ3n) is 5.81. The SMILES string of the molecule is O=C(NCC(c1ccc(Cl)cc1)N1CCOCC1)c1ccc2c(c1)CCCC2. The van der Waals surface area contributed by atoms with Gasteiger partial charge >= 0.3 is 0 Å². The maximum Gasteiger partial charge on any atom is 0.251 e. The van der Waals surface area contributed by atoms with Gasteiger partial charge in [-0.05, 0) is 66.6 Å². The smallest absolute Gasteiger partial charge is 0.251 e. The second-order valence-corrected chi connectivity index (χ2v) is 8.05. The van der Waals surface area contributed by atoms with E-state index >= 15 is 0 Å². The Morgan fingerprint density at radius 1 is 1.04 bits per heavy atom. The minimum absolute atomic E-state index is 0.000552. The Bertz CT molecular complexity index is 816. The first-order valence-electron chi connectivity index (χ1n) is 10.2. The van der Waals surface area contributed by atoms with Crippen LogP contribution in [0.2, 0.25) is 5.02 Å². The van der Waals surface area contributed by atoms with Crippen molar-refractivity contribution in [2.24, 2.45) is 0 Å². The Morgan fingerprint density at radius 3 is 2.50 bits per heavy atom. The predicted octanol–water partition coefficient (Wildman–Crippen LogP) is 4.02. The largest absolute Gasteiger partial charge is 0.379 e. The van der Waals surface area contributed by atoms with Gasteiger partial charge in [0.05, 0.1) is 19.3 Å². The average Bonchev–Trinajstić information content (AvgIpc) is 2.75. The quantitative estimate of drug-likeness (QED) is 0.826. The van der Waals surface area contributed by atoms with E-state index in [9.17, 15) is 4.79 Å². The van der Waals surface area contributed by atoms with Crippen LogP contribution in [0, 0.1) is 0 Å². The number of hydrogen-bond donors (Lipinski definition) is 1. The lowest BCUT2D eigenvalue weighted by atomic mass is 9.90. The molecular formula is C23H27ClN2O2. The molecule has 2 aliphatic rings. The Labute approximate surface area is 171 Å². The number of aryl methyl sites for hydroxylation is 2. The number of carbonyl (C=O) groups excluding carboxylic acids is 1. The molecule has 1 atom stereocenters. The van der Waals surface area contributed by atoms with Crippen molar-refractivity contribution < 1.29 is 9.53 Å². The molecule has 2 aromatic carbocycles. The van der Waals surface area contributed by atoms with Gasteiger partial charge in [0.15, 0.2) is 0 Å². The molecule has 5 heteroatoms. The van der Waals surface area contributed by atoms with Gasteiger partial charge in [-0.15, -0.1) is 0 Å². The number of nitrogens with one attached hydrogen (secondary N) is 1. The van der Waals surface area contributed by atoms with Crippen LogP contribution in [0.1, 0.15) is 45.9 Å². The highest BCUT2D eigenvalue weighted by Crippen LogP contribution is 2.24. The van der Waals surface area contributed by atoms with Gasteiger partial charge in [0.1, 0.15) is 0 Å². The number of ether oxygens (including phenoxy) is 1. The summed E-state index contributed by atoms with van der Waals surface area (Å²) < 4.78 is 5.50. The monoisotopic (exact) mass is 398 g/mol. The molecule has 0 radical (unpaired) electrons. The second-order valence-electron chi connectivity index (χ2n) is 7.62. The van der Waals surface area contributed by atoms with Crippen molar-refractivity contribution in [1.82, 2.24) is 10.2 Å². The number of fused-ring (bicyclic) bond motifs is 1. The molecule has 4 rings (SSSR count). The topological polar surface area (TPSA) is 41.6 Å². The zero-order chi connectivity index (χ0) is 19.3. The zero-order valence-electron chi connectivity index (χ0n) is 16.1. The highest BCUT2D eigenvalue weighted by molar-refractivity contribution is 6.30. The molecule has 0 saturated carbocycles. The van der Waals surface area contributed by atoms with Crippen molar-refractivity contribution in [3.05, 3.63) is 69.7 Å². The summed E-state index contributed by atoms with van der Waals surface area (Å²) in [6.07, 6.45) is 4.68. The number of amides is 1. The van der Waals surface area contributed by atoms with Crippen molar-refractivity contribution in [3.63, 3.8) is 0 Å². The third kappa shape index (κ3) is 4.57. The van der Waals surface area contributed by atoms with Crippen molar-refractivity contribution in [2.45, 2.75) is 31.7 Å². The lowest BCUT2D eigenvalue weighted by Gasteiger charge is -2.35. The van der Waals surface area contributed by atoms with Crippen molar-refractivity contribution >= 4 is 17.5 Å². The molecule has 2 aromatic rings. The molecule has 0 spiro atoms. The first-order valence-corrected chi connectivity index (χ1v) is 10.6. The predicted molar refractivity (Wildman–Crippen MR) is 112 cm³/mol. The first kappa shape index (κ1) is 19.4. The molecular weight excluding hydrogens is 372 g/mol. The summed E-state index contributed by atoms with van der Waals surface area (Å²) in [4.78, 5) is 15.2. The summed E-state index contributed by atoms with van der Waals surface area (Å²) in [6, 6.07) is 14.2. The Morgan fingerprint density at radius 2 is 1.75 bits per heavy atom. The molecule has 1 unspecified atom stereocenters. The summed E-state index contributed by atoms with van der Waals surface area (Å²) in [5, 5.41) is 3.89. The van der Waals surface area contributed by atoms with Gasteiger partial charge in [-0.1, -0.05) is 29.8 Å². The van der Waals surface area contributed by atoms with Gasteiger partial charge in [0.25, 0.3) is 5.91 Å². The molecule has 28 heavy (non-hydrogen) atoms. The maximum absolute atomic E-state index is 12.8. The standard InChI is InChI=1S/C23H27ClN2O2/c24-21-9-7-18(8-10-21)22(26-11-13-28-14-12-26)16-25-23(27)20-6-5-17-3-1-2-4-19(17)15-20/h5-10,15,22H,1-4,11-14,16H2,(H,25,27). The molecule has 1 N–H and O–H groups in total. The molecule has 4 nitrogen and oxygen atoms in total. The van der Waals surface area contributed by atoms with E-state index < -0.39 is 0 Å². The Kier molecular flexibility index (Phi) is 6.30. The van der Waals surface area contributed by atoms with E-state index in [4.69, 9.17) is 16.3 Å². The molecule has 1 saturated heterocycles. The first-order chi connectivity index (χ1) is 13.7. The van der Waals surface area contributed by atoms with E-state index in [-0.39, 0.29) is 11.9 Å². The van der Waals surface area contributed by atoms with Gasteiger partial charge in [-0.3, -0.25) is 9.69 Å². The molecule has 1 fully saturated rings. The zero-order valence-corrected chi connectivity index (χ0v) is 16.9. The Balaban J connectivity index is 1.47. The summed E-state index contributed by atoms with van der Waals surface area (Å²) >= 11 is 6.06. The molecule has 1 aliphatic carbocycles. The van der Waals surface area contributed by atoms with E-state index in [1.165, 1.54) is 24.0 Å². The van der Waals surface area contributed by atoms with Gasteiger partial charge in [0, 0.05) is 30.2 Å². The highest BCUT2D eigenvalue weighted by Gasteiger charge is 2.23. The third-order valence-corrected chi connectivity index (χ3v) is 6.06. The van der Waals surface area contributed by atoms with Crippen LogP contribution >= 0.6 is 11.6 Å². The van der Waals surface area contributed by atoms with Crippen LogP contribution in [0.25, 0.3) is 0 Å². The molecule has 1 heterocycles. The summed E-state index contributed by atoms with van der Waals surface area (Å²) in [7, 11) is 0. The van der Waals surface area contributed by atoms with Crippen LogP contribution in [0.5, 0.6) is 0 Å². The van der Waals surface area contributed by atoms with E-state index in [0.717, 1.165) is 55.3 Å². The molecule has 148 valence electrons. The minimum atomic E-state index is 0.000552. The molecule has 1 amide bonds. The normalized spacial score (nSPS) is 18.3. The van der Waals surface area contributed by atoms with Crippen molar-refractivity contribution in [3.8, 4) is 0 Å². The van der Waals surface area contributed by atoms with Crippen LogP contribution in [-0.2, 0) is 17.6 Å². The van der Waals surface area contributed by atoms with Gasteiger partial charge in [0.2, 0.25) is 0 Å². The summed E-state index contributed by atoms with van der Waals surface area (Å²) in [5.74, 6) is 0.000552. The van der Waals surface area contributed by atoms with Gasteiger partial charge in [-0.2, -0.15) is 0 Å². The van der Waals surface area contributed by atoms with Gasteiger partial charge in [-0.25, -0.2) is 0 Å².